The normalized spacial score (nSPS) is 17.3. The second-order valence-electron chi connectivity index (χ2n) is 6.44. The molecule has 1 heterocycles. The van der Waals surface area contributed by atoms with Gasteiger partial charge in [-0.15, -0.1) is 0 Å². The van der Waals surface area contributed by atoms with Gasteiger partial charge in [-0.1, -0.05) is 35.8 Å². The van der Waals surface area contributed by atoms with E-state index in [4.69, 9.17) is 0 Å². The minimum atomic E-state index is 0.692. The molecule has 2 rings (SSSR count). The van der Waals surface area contributed by atoms with E-state index >= 15 is 0 Å². The van der Waals surface area contributed by atoms with Gasteiger partial charge in [0.1, 0.15) is 0 Å². The van der Waals surface area contributed by atoms with Crippen LogP contribution in [0.25, 0.3) is 0 Å². The fourth-order valence-electron chi connectivity index (χ4n) is 2.68. The molecule has 0 atom stereocenters. The van der Waals surface area contributed by atoms with Crippen molar-refractivity contribution >= 4 is 21.6 Å². The summed E-state index contributed by atoms with van der Waals surface area (Å²) in [6.45, 7) is 11.1. The first-order chi connectivity index (χ1) is 10.1. The van der Waals surface area contributed by atoms with E-state index in [2.05, 4.69) is 70.1 Å². The van der Waals surface area contributed by atoms with Crippen molar-refractivity contribution in [3.63, 3.8) is 0 Å². The van der Waals surface area contributed by atoms with E-state index in [1.165, 1.54) is 28.7 Å². The molecular formula is C17H28BrN3. The van der Waals surface area contributed by atoms with Crippen LogP contribution in [0.1, 0.15) is 25.8 Å². The average Bonchev–Trinajstić information content (AvgIpc) is 2.65. The Morgan fingerprint density at radius 1 is 1.19 bits per heavy atom. The average molecular weight is 354 g/mol. The Labute approximate surface area is 137 Å². The zero-order valence-corrected chi connectivity index (χ0v) is 15.1. The van der Waals surface area contributed by atoms with Crippen LogP contribution >= 0.6 is 15.9 Å². The lowest BCUT2D eigenvalue weighted by Gasteiger charge is -2.23. The lowest BCUT2D eigenvalue weighted by molar-refractivity contribution is 0.360. The quantitative estimate of drug-likeness (QED) is 0.875. The lowest BCUT2D eigenvalue weighted by atomic mass is 10.1. The molecule has 118 valence electrons. The molecule has 1 aromatic rings. The van der Waals surface area contributed by atoms with Gasteiger partial charge in [0.05, 0.1) is 0 Å². The van der Waals surface area contributed by atoms with Crippen LogP contribution in [0.5, 0.6) is 0 Å². The van der Waals surface area contributed by atoms with Gasteiger partial charge < -0.3 is 15.1 Å². The van der Waals surface area contributed by atoms with E-state index in [0.717, 1.165) is 32.7 Å². The first-order valence-electron chi connectivity index (χ1n) is 7.99. The Bertz CT molecular complexity index is 448. The number of halogens is 1. The predicted molar refractivity (Wildman–Crippen MR) is 95.0 cm³/mol. The number of benzene rings is 1. The molecule has 1 fully saturated rings. The van der Waals surface area contributed by atoms with Gasteiger partial charge in [-0.3, -0.25) is 0 Å². The van der Waals surface area contributed by atoms with Gasteiger partial charge in [0, 0.05) is 36.3 Å². The van der Waals surface area contributed by atoms with E-state index in [-0.39, 0.29) is 0 Å². The summed E-state index contributed by atoms with van der Waals surface area (Å²) in [5.41, 5.74) is 2.68. The molecule has 1 aliphatic heterocycles. The molecule has 0 saturated carbocycles. The van der Waals surface area contributed by atoms with Crippen molar-refractivity contribution in [2.24, 2.45) is 5.92 Å². The number of rotatable bonds is 5. The van der Waals surface area contributed by atoms with Crippen LogP contribution in [0.15, 0.2) is 22.7 Å². The summed E-state index contributed by atoms with van der Waals surface area (Å²) in [7, 11) is 2.21. The highest BCUT2D eigenvalue weighted by atomic mass is 79.9. The third-order valence-corrected chi connectivity index (χ3v) is 4.73. The summed E-state index contributed by atoms with van der Waals surface area (Å²) in [6, 6.07) is 6.79. The molecule has 1 aliphatic rings. The molecule has 0 aliphatic carbocycles. The fourth-order valence-corrected chi connectivity index (χ4v) is 3.18. The van der Waals surface area contributed by atoms with Gasteiger partial charge in [-0.05, 0) is 50.2 Å². The number of nitrogens with zero attached hydrogens (tertiary/aromatic N) is 2. The number of anilines is 1. The van der Waals surface area contributed by atoms with Gasteiger partial charge in [-0.2, -0.15) is 0 Å². The molecule has 1 N–H and O–H groups in total. The van der Waals surface area contributed by atoms with Crippen LogP contribution < -0.4 is 10.2 Å². The highest BCUT2D eigenvalue weighted by Gasteiger charge is 2.13. The maximum Gasteiger partial charge on any atom is 0.0378 e. The summed E-state index contributed by atoms with van der Waals surface area (Å²) in [4.78, 5) is 4.92. The molecule has 0 bridgehead atoms. The standard InChI is InChI=1S/C17H28BrN3/c1-14(2)12-19-13-15-5-6-16(11-17(15)18)21-8-4-7-20(3)9-10-21/h5-6,11,14,19H,4,7-10,12-13H2,1-3H3. The largest absolute Gasteiger partial charge is 0.370 e. The molecule has 3 nitrogen and oxygen atoms in total. The van der Waals surface area contributed by atoms with Gasteiger partial charge in [0.2, 0.25) is 0 Å². The summed E-state index contributed by atoms with van der Waals surface area (Å²) >= 11 is 3.74. The predicted octanol–water partition coefficient (Wildman–Crippen LogP) is 3.34. The minimum absolute atomic E-state index is 0.692. The van der Waals surface area contributed by atoms with Crippen LogP contribution in [0.3, 0.4) is 0 Å². The SMILES string of the molecule is CC(C)CNCc1ccc(N2CCCN(C)CC2)cc1Br. The monoisotopic (exact) mass is 353 g/mol. The van der Waals surface area contributed by atoms with Crippen molar-refractivity contribution in [2.75, 3.05) is 44.7 Å². The molecule has 1 saturated heterocycles. The van der Waals surface area contributed by atoms with E-state index in [1.807, 2.05) is 0 Å². The molecule has 0 unspecified atom stereocenters. The van der Waals surface area contributed by atoms with Crippen molar-refractivity contribution in [2.45, 2.75) is 26.8 Å². The third kappa shape index (κ3) is 5.28. The smallest absolute Gasteiger partial charge is 0.0378 e. The zero-order chi connectivity index (χ0) is 15.2. The van der Waals surface area contributed by atoms with Crippen molar-refractivity contribution < 1.29 is 0 Å². The van der Waals surface area contributed by atoms with Crippen LogP contribution in [0.4, 0.5) is 5.69 Å². The molecule has 21 heavy (non-hydrogen) atoms. The van der Waals surface area contributed by atoms with Crippen LogP contribution in [0, 0.1) is 5.92 Å². The van der Waals surface area contributed by atoms with Crippen LogP contribution in [0.2, 0.25) is 0 Å². The first kappa shape index (κ1) is 16.8. The summed E-state index contributed by atoms with van der Waals surface area (Å²) in [5.74, 6) is 0.692. The highest BCUT2D eigenvalue weighted by molar-refractivity contribution is 9.10. The maximum absolute atomic E-state index is 3.74. The number of hydrogen-bond donors (Lipinski definition) is 1. The lowest BCUT2D eigenvalue weighted by Crippen LogP contribution is -2.28. The van der Waals surface area contributed by atoms with Crippen LogP contribution in [-0.4, -0.2) is 44.7 Å². The molecule has 4 heteroatoms. The molecule has 1 aromatic carbocycles. The molecular weight excluding hydrogens is 326 g/mol. The minimum Gasteiger partial charge on any atom is -0.370 e. The molecule has 0 aromatic heterocycles. The Morgan fingerprint density at radius 2 is 2.00 bits per heavy atom. The number of nitrogens with one attached hydrogen (secondary N) is 1. The van der Waals surface area contributed by atoms with Crippen molar-refractivity contribution in [3.05, 3.63) is 28.2 Å². The Kier molecular flexibility index (Phi) is 6.52. The Balaban J connectivity index is 1.97. The summed E-state index contributed by atoms with van der Waals surface area (Å²) in [6.07, 6.45) is 1.24. The Morgan fingerprint density at radius 3 is 2.71 bits per heavy atom. The van der Waals surface area contributed by atoms with E-state index in [0.29, 0.717) is 5.92 Å². The van der Waals surface area contributed by atoms with E-state index in [1.54, 1.807) is 0 Å². The Hall–Kier alpha value is -0.580. The maximum atomic E-state index is 3.74. The number of hydrogen-bond acceptors (Lipinski definition) is 3. The molecule has 0 spiro atoms. The summed E-state index contributed by atoms with van der Waals surface area (Å²) < 4.78 is 1.22. The van der Waals surface area contributed by atoms with Crippen molar-refractivity contribution in [1.29, 1.82) is 0 Å². The third-order valence-electron chi connectivity index (χ3n) is 3.99. The number of likely N-dealkylation sites (N-methyl/N-ethyl adjacent to an activating group) is 1. The van der Waals surface area contributed by atoms with Gasteiger partial charge >= 0.3 is 0 Å². The second-order valence-corrected chi connectivity index (χ2v) is 7.30. The first-order valence-corrected chi connectivity index (χ1v) is 8.78. The van der Waals surface area contributed by atoms with Gasteiger partial charge in [0.25, 0.3) is 0 Å². The van der Waals surface area contributed by atoms with Gasteiger partial charge in [-0.25, -0.2) is 0 Å². The topological polar surface area (TPSA) is 18.5 Å². The van der Waals surface area contributed by atoms with E-state index in [9.17, 15) is 0 Å². The molecule has 0 amide bonds. The van der Waals surface area contributed by atoms with Crippen LogP contribution in [-0.2, 0) is 6.54 Å². The van der Waals surface area contributed by atoms with Gasteiger partial charge in [0.15, 0.2) is 0 Å². The van der Waals surface area contributed by atoms with Crippen molar-refractivity contribution in [1.82, 2.24) is 10.2 Å². The summed E-state index contributed by atoms with van der Waals surface area (Å²) in [5, 5.41) is 3.51. The molecule has 0 radical (unpaired) electrons. The van der Waals surface area contributed by atoms with E-state index < -0.39 is 0 Å². The van der Waals surface area contributed by atoms with Crippen molar-refractivity contribution in [3.8, 4) is 0 Å². The highest BCUT2D eigenvalue weighted by Crippen LogP contribution is 2.25. The zero-order valence-electron chi connectivity index (χ0n) is 13.5. The fraction of sp³-hybridized carbons (Fsp3) is 0.647. The second kappa shape index (κ2) is 8.16.